The van der Waals surface area contributed by atoms with Crippen LogP contribution in [0.2, 0.25) is 0 Å². The molecule has 19 heavy (non-hydrogen) atoms. The standard InChI is InChI=1S/C13H16ClNO3S/c1-10-3-2-8-15(9-10)13(16)11-4-6-12(7-5-11)19(14,17)18/h4-7,10H,2-3,8-9H2,1H3. The number of rotatable bonds is 2. The van der Waals surface area contributed by atoms with Gasteiger partial charge in [-0.3, -0.25) is 4.79 Å². The lowest BCUT2D eigenvalue weighted by Gasteiger charge is -2.31. The van der Waals surface area contributed by atoms with Gasteiger partial charge in [-0.25, -0.2) is 8.42 Å². The number of amides is 1. The Labute approximate surface area is 117 Å². The Hall–Kier alpha value is -1.07. The number of carbonyl (C=O) groups is 1. The molecule has 1 aromatic carbocycles. The lowest BCUT2D eigenvalue weighted by molar-refractivity contribution is 0.0683. The maximum absolute atomic E-state index is 12.2. The number of halogens is 1. The van der Waals surface area contributed by atoms with Gasteiger partial charge in [0.1, 0.15) is 0 Å². The largest absolute Gasteiger partial charge is 0.338 e. The summed E-state index contributed by atoms with van der Waals surface area (Å²) in [6, 6.07) is 5.75. The van der Waals surface area contributed by atoms with E-state index in [0.717, 1.165) is 25.9 Å². The molecule has 0 radical (unpaired) electrons. The van der Waals surface area contributed by atoms with Crippen molar-refractivity contribution in [2.24, 2.45) is 5.92 Å². The van der Waals surface area contributed by atoms with E-state index in [4.69, 9.17) is 10.7 Å². The van der Waals surface area contributed by atoms with Gasteiger partial charge in [0.25, 0.3) is 15.0 Å². The molecule has 6 heteroatoms. The fraction of sp³-hybridized carbons (Fsp3) is 0.462. The summed E-state index contributed by atoms with van der Waals surface area (Å²) in [5.74, 6) is 0.463. The quantitative estimate of drug-likeness (QED) is 0.789. The summed E-state index contributed by atoms with van der Waals surface area (Å²) in [4.78, 5) is 14.1. The van der Waals surface area contributed by atoms with Crippen molar-refractivity contribution in [1.82, 2.24) is 4.90 Å². The zero-order valence-corrected chi connectivity index (χ0v) is 12.2. The topological polar surface area (TPSA) is 54.5 Å². The average molecular weight is 302 g/mol. The van der Waals surface area contributed by atoms with E-state index in [1.807, 2.05) is 4.90 Å². The molecule has 4 nitrogen and oxygen atoms in total. The molecule has 1 heterocycles. The molecular weight excluding hydrogens is 286 g/mol. The van der Waals surface area contributed by atoms with Crippen LogP contribution in [0.25, 0.3) is 0 Å². The van der Waals surface area contributed by atoms with Crippen molar-refractivity contribution in [3.63, 3.8) is 0 Å². The fourth-order valence-corrected chi connectivity index (χ4v) is 3.09. The SMILES string of the molecule is CC1CCCN(C(=O)c2ccc(S(=O)(=O)Cl)cc2)C1. The summed E-state index contributed by atoms with van der Waals surface area (Å²) in [7, 11) is 1.50. The second-order valence-corrected chi connectivity index (χ2v) is 7.53. The van der Waals surface area contributed by atoms with Gasteiger partial charge in [-0.15, -0.1) is 0 Å². The highest BCUT2D eigenvalue weighted by Crippen LogP contribution is 2.20. The van der Waals surface area contributed by atoms with Gasteiger partial charge in [0.05, 0.1) is 4.90 Å². The highest BCUT2D eigenvalue weighted by molar-refractivity contribution is 8.13. The molecule has 1 aromatic rings. The number of benzene rings is 1. The van der Waals surface area contributed by atoms with Gasteiger partial charge in [0.15, 0.2) is 0 Å². The number of nitrogens with zero attached hydrogens (tertiary/aromatic N) is 1. The third-order valence-electron chi connectivity index (χ3n) is 3.33. The first-order valence-corrected chi connectivity index (χ1v) is 8.53. The first-order valence-electron chi connectivity index (χ1n) is 6.22. The van der Waals surface area contributed by atoms with E-state index >= 15 is 0 Å². The Morgan fingerprint density at radius 2 is 1.95 bits per heavy atom. The lowest BCUT2D eigenvalue weighted by atomic mass is 9.99. The maximum atomic E-state index is 12.2. The van der Waals surface area contributed by atoms with Crippen molar-refractivity contribution in [1.29, 1.82) is 0 Å². The summed E-state index contributed by atoms with van der Waals surface area (Å²) in [6.07, 6.45) is 2.16. The zero-order chi connectivity index (χ0) is 14.0. The fourth-order valence-electron chi connectivity index (χ4n) is 2.32. The van der Waals surface area contributed by atoms with Gasteiger partial charge in [0.2, 0.25) is 0 Å². The molecule has 104 valence electrons. The van der Waals surface area contributed by atoms with Crippen LogP contribution >= 0.6 is 10.7 Å². The van der Waals surface area contributed by atoms with Gasteiger partial charge in [-0.1, -0.05) is 6.92 Å². The highest BCUT2D eigenvalue weighted by Gasteiger charge is 2.22. The molecule has 1 atom stereocenters. The van der Waals surface area contributed by atoms with E-state index in [2.05, 4.69) is 6.92 Å². The summed E-state index contributed by atoms with van der Waals surface area (Å²) < 4.78 is 22.3. The summed E-state index contributed by atoms with van der Waals surface area (Å²) in [5.41, 5.74) is 0.498. The van der Waals surface area contributed by atoms with E-state index in [1.54, 1.807) is 0 Å². The third-order valence-corrected chi connectivity index (χ3v) is 4.70. The van der Waals surface area contributed by atoms with Crippen LogP contribution in [0, 0.1) is 5.92 Å². The summed E-state index contributed by atoms with van der Waals surface area (Å²) >= 11 is 0. The summed E-state index contributed by atoms with van der Waals surface area (Å²) in [6.45, 7) is 3.65. The van der Waals surface area contributed by atoms with Crippen LogP contribution in [0.1, 0.15) is 30.1 Å². The molecule has 0 aromatic heterocycles. The van der Waals surface area contributed by atoms with E-state index in [-0.39, 0.29) is 10.8 Å². The Bertz CT molecular complexity index is 568. The number of piperidine rings is 1. The Morgan fingerprint density at radius 3 is 2.47 bits per heavy atom. The minimum Gasteiger partial charge on any atom is -0.338 e. The van der Waals surface area contributed by atoms with Crippen molar-refractivity contribution >= 4 is 25.6 Å². The smallest absolute Gasteiger partial charge is 0.261 e. The molecular formula is C13H16ClNO3S. The van der Waals surface area contributed by atoms with Crippen LogP contribution in [0.3, 0.4) is 0 Å². The predicted molar refractivity (Wildman–Crippen MR) is 73.8 cm³/mol. The predicted octanol–water partition coefficient (Wildman–Crippen LogP) is 2.49. The van der Waals surface area contributed by atoms with Gasteiger partial charge < -0.3 is 4.90 Å². The van der Waals surface area contributed by atoms with E-state index in [0.29, 0.717) is 11.5 Å². The van der Waals surface area contributed by atoms with Crippen LogP contribution in [0.5, 0.6) is 0 Å². The monoisotopic (exact) mass is 301 g/mol. The second-order valence-electron chi connectivity index (χ2n) is 4.96. The van der Waals surface area contributed by atoms with Gasteiger partial charge in [0, 0.05) is 29.3 Å². The van der Waals surface area contributed by atoms with Crippen molar-refractivity contribution in [3.8, 4) is 0 Å². The van der Waals surface area contributed by atoms with Gasteiger partial charge in [-0.05, 0) is 43.0 Å². The second kappa shape index (κ2) is 5.51. The Kier molecular flexibility index (Phi) is 4.16. The van der Waals surface area contributed by atoms with E-state index < -0.39 is 9.05 Å². The molecule has 0 spiro atoms. The number of hydrogen-bond donors (Lipinski definition) is 0. The minimum absolute atomic E-state index is 0.0118. The summed E-state index contributed by atoms with van der Waals surface area (Å²) in [5, 5.41) is 0. The van der Waals surface area contributed by atoms with E-state index in [1.165, 1.54) is 24.3 Å². The van der Waals surface area contributed by atoms with Crippen LogP contribution in [0.15, 0.2) is 29.2 Å². The van der Waals surface area contributed by atoms with Crippen molar-refractivity contribution in [2.75, 3.05) is 13.1 Å². The molecule has 1 aliphatic rings. The van der Waals surface area contributed by atoms with Crippen LogP contribution in [-0.2, 0) is 9.05 Å². The van der Waals surface area contributed by atoms with E-state index in [9.17, 15) is 13.2 Å². The molecule has 0 aliphatic carbocycles. The average Bonchev–Trinajstić information content (AvgIpc) is 2.37. The van der Waals surface area contributed by atoms with Crippen LogP contribution in [0.4, 0.5) is 0 Å². The van der Waals surface area contributed by atoms with Crippen LogP contribution in [-0.4, -0.2) is 32.3 Å². The molecule has 1 aliphatic heterocycles. The molecule has 0 N–H and O–H groups in total. The lowest BCUT2D eigenvalue weighted by Crippen LogP contribution is -2.39. The molecule has 1 amide bonds. The first kappa shape index (κ1) is 14.3. The third kappa shape index (κ3) is 3.48. The molecule has 1 saturated heterocycles. The first-order chi connectivity index (χ1) is 8.88. The van der Waals surface area contributed by atoms with Crippen LogP contribution < -0.4 is 0 Å². The highest BCUT2D eigenvalue weighted by atomic mass is 35.7. The molecule has 0 bridgehead atoms. The van der Waals surface area contributed by atoms with Crippen molar-refractivity contribution in [3.05, 3.63) is 29.8 Å². The minimum atomic E-state index is -3.73. The van der Waals surface area contributed by atoms with Gasteiger partial charge >= 0.3 is 0 Å². The van der Waals surface area contributed by atoms with Gasteiger partial charge in [-0.2, -0.15) is 0 Å². The molecule has 2 rings (SSSR count). The zero-order valence-electron chi connectivity index (χ0n) is 10.7. The number of carbonyl (C=O) groups excluding carboxylic acids is 1. The normalized spacial score (nSPS) is 20.3. The molecule has 1 unspecified atom stereocenters. The molecule has 1 fully saturated rings. The Balaban J connectivity index is 2.16. The Morgan fingerprint density at radius 1 is 1.32 bits per heavy atom. The number of hydrogen-bond acceptors (Lipinski definition) is 3. The van der Waals surface area contributed by atoms with Crippen molar-refractivity contribution in [2.45, 2.75) is 24.7 Å². The molecule has 0 saturated carbocycles. The maximum Gasteiger partial charge on any atom is 0.261 e. The number of likely N-dealkylation sites (tertiary alicyclic amines) is 1. The van der Waals surface area contributed by atoms with Crippen molar-refractivity contribution < 1.29 is 13.2 Å².